The molecule has 0 spiro atoms. The van der Waals surface area contributed by atoms with Crippen LogP contribution in [0.25, 0.3) is 0 Å². The van der Waals surface area contributed by atoms with Gasteiger partial charge in [0.05, 0.1) is 12.4 Å². The van der Waals surface area contributed by atoms with Crippen LogP contribution in [0.3, 0.4) is 0 Å². The van der Waals surface area contributed by atoms with E-state index >= 15 is 0 Å². The van der Waals surface area contributed by atoms with Crippen LogP contribution in [0.1, 0.15) is 39.4 Å². The van der Waals surface area contributed by atoms with Crippen molar-refractivity contribution in [2.24, 2.45) is 17.1 Å². The highest BCUT2D eigenvalue weighted by Gasteiger charge is 2.66. The molecule has 2 heterocycles. The molecule has 4 atom stereocenters. The molecule has 0 radical (unpaired) electrons. The second-order valence-electron chi connectivity index (χ2n) is 7.37. The topological polar surface area (TPSA) is 60.4 Å². The van der Waals surface area contributed by atoms with E-state index in [1.54, 1.807) is 6.26 Å². The average Bonchev–Trinajstić information content (AvgIpc) is 2.97. The molecule has 1 aromatic rings. The minimum atomic E-state index is -0.171. The SMILES string of the molecule is CC(Cc1ccco1)NCC1(N)C2CCCOC2C1(C)C. The van der Waals surface area contributed by atoms with E-state index in [0.29, 0.717) is 18.1 Å². The van der Waals surface area contributed by atoms with Crippen LogP contribution in [0, 0.1) is 11.3 Å². The van der Waals surface area contributed by atoms with E-state index in [1.165, 1.54) is 6.42 Å². The van der Waals surface area contributed by atoms with Crippen molar-refractivity contribution in [1.29, 1.82) is 0 Å². The fourth-order valence-electron chi connectivity index (χ4n) is 4.17. The van der Waals surface area contributed by atoms with Crippen molar-refractivity contribution in [3.8, 4) is 0 Å². The van der Waals surface area contributed by atoms with Crippen molar-refractivity contribution in [2.75, 3.05) is 13.2 Å². The van der Waals surface area contributed by atoms with Crippen molar-refractivity contribution in [1.82, 2.24) is 5.32 Å². The van der Waals surface area contributed by atoms with Crippen molar-refractivity contribution >= 4 is 0 Å². The molecule has 1 aromatic heterocycles. The van der Waals surface area contributed by atoms with Gasteiger partial charge in [-0.05, 0) is 31.9 Å². The molecule has 4 heteroatoms. The summed E-state index contributed by atoms with van der Waals surface area (Å²) in [5.41, 5.74) is 6.66. The maximum Gasteiger partial charge on any atom is 0.105 e. The molecule has 3 rings (SSSR count). The molecule has 1 saturated carbocycles. The Bertz CT molecular complexity index is 471. The Morgan fingerprint density at radius 3 is 3.00 bits per heavy atom. The molecule has 4 unspecified atom stereocenters. The Morgan fingerprint density at radius 2 is 2.29 bits per heavy atom. The first kappa shape index (κ1) is 15.1. The Balaban J connectivity index is 1.58. The first-order valence-electron chi connectivity index (χ1n) is 8.11. The van der Waals surface area contributed by atoms with Gasteiger partial charge in [-0.15, -0.1) is 0 Å². The van der Waals surface area contributed by atoms with Crippen LogP contribution in [0.5, 0.6) is 0 Å². The number of rotatable bonds is 5. The van der Waals surface area contributed by atoms with Gasteiger partial charge in [-0.1, -0.05) is 13.8 Å². The summed E-state index contributed by atoms with van der Waals surface area (Å²) < 4.78 is 11.4. The third kappa shape index (κ3) is 2.43. The monoisotopic (exact) mass is 292 g/mol. The number of fused-ring (bicyclic) bond motifs is 1. The third-order valence-electron chi connectivity index (χ3n) is 5.73. The summed E-state index contributed by atoms with van der Waals surface area (Å²) in [6, 6.07) is 4.32. The molecule has 0 amide bonds. The lowest BCUT2D eigenvalue weighted by Crippen LogP contribution is -2.80. The number of hydrogen-bond donors (Lipinski definition) is 2. The number of furan rings is 1. The quantitative estimate of drug-likeness (QED) is 0.874. The van der Waals surface area contributed by atoms with Gasteiger partial charge in [-0.3, -0.25) is 0 Å². The first-order valence-corrected chi connectivity index (χ1v) is 8.11. The minimum Gasteiger partial charge on any atom is -0.469 e. The zero-order valence-electron chi connectivity index (χ0n) is 13.4. The highest BCUT2D eigenvalue weighted by atomic mass is 16.5. The van der Waals surface area contributed by atoms with E-state index in [9.17, 15) is 0 Å². The largest absolute Gasteiger partial charge is 0.469 e. The summed E-state index contributed by atoms with van der Waals surface area (Å²) in [5, 5.41) is 3.61. The summed E-state index contributed by atoms with van der Waals surface area (Å²) in [4.78, 5) is 0. The van der Waals surface area contributed by atoms with Crippen LogP contribution in [0.4, 0.5) is 0 Å². The zero-order chi connectivity index (χ0) is 15.1. The Hall–Kier alpha value is -0.840. The lowest BCUT2D eigenvalue weighted by Gasteiger charge is -2.66. The molecular formula is C17H28N2O2. The zero-order valence-corrected chi connectivity index (χ0v) is 13.4. The van der Waals surface area contributed by atoms with Crippen LogP contribution < -0.4 is 11.1 Å². The van der Waals surface area contributed by atoms with Gasteiger partial charge in [0.25, 0.3) is 0 Å². The third-order valence-corrected chi connectivity index (χ3v) is 5.73. The Kier molecular flexibility index (Phi) is 3.89. The summed E-state index contributed by atoms with van der Waals surface area (Å²) in [5.74, 6) is 1.51. The molecule has 0 bridgehead atoms. The summed E-state index contributed by atoms with van der Waals surface area (Å²) in [7, 11) is 0. The number of ether oxygens (including phenoxy) is 1. The van der Waals surface area contributed by atoms with E-state index in [1.807, 2.05) is 12.1 Å². The maximum atomic E-state index is 6.79. The molecule has 21 heavy (non-hydrogen) atoms. The van der Waals surface area contributed by atoms with Crippen molar-refractivity contribution in [2.45, 2.75) is 57.7 Å². The molecule has 0 aromatic carbocycles. The number of nitrogens with two attached hydrogens (primary N) is 1. The van der Waals surface area contributed by atoms with Gasteiger partial charge in [0.2, 0.25) is 0 Å². The lowest BCUT2D eigenvalue weighted by molar-refractivity contribution is -0.226. The van der Waals surface area contributed by atoms with Gasteiger partial charge >= 0.3 is 0 Å². The fraction of sp³-hybridized carbons (Fsp3) is 0.765. The molecule has 4 nitrogen and oxygen atoms in total. The van der Waals surface area contributed by atoms with E-state index in [4.69, 9.17) is 14.9 Å². The van der Waals surface area contributed by atoms with Gasteiger partial charge in [-0.2, -0.15) is 0 Å². The summed E-state index contributed by atoms with van der Waals surface area (Å²) in [6.07, 6.45) is 5.29. The van der Waals surface area contributed by atoms with E-state index in [-0.39, 0.29) is 11.0 Å². The molecular weight excluding hydrogens is 264 g/mol. The highest BCUT2D eigenvalue weighted by molar-refractivity contribution is 5.20. The number of nitrogens with one attached hydrogen (secondary N) is 1. The van der Waals surface area contributed by atoms with E-state index in [2.05, 4.69) is 26.1 Å². The van der Waals surface area contributed by atoms with E-state index in [0.717, 1.165) is 31.8 Å². The summed E-state index contributed by atoms with van der Waals surface area (Å²) >= 11 is 0. The van der Waals surface area contributed by atoms with Crippen LogP contribution >= 0.6 is 0 Å². The summed E-state index contributed by atoms with van der Waals surface area (Å²) in [6.45, 7) is 8.42. The van der Waals surface area contributed by atoms with E-state index < -0.39 is 0 Å². The molecule has 2 aliphatic rings. The molecule has 1 saturated heterocycles. The van der Waals surface area contributed by atoms with Gasteiger partial charge in [0.1, 0.15) is 5.76 Å². The minimum absolute atomic E-state index is 0.0372. The van der Waals surface area contributed by atoms with Crippen molar-refractivity contribution in [3.05, 3.63) is 24.2 Å². The second kappa shape index (κ2) is 5.41. The molecule has 118 valence electrons. The predicted octanol–water partition coefficient (Wildman–Crippen LogP) is 2.33. The Labute approximate surface area is 127 Å². The van der Waals surface area contributed by atoms with Crippen molar-refractivity contribution < 1.29 is 9.15 Å². The number of hydrogen-bond acceptors (Lipinski definition) is 4. The highest BCUT2D eigenvalue weighted by Crippen LogP contribution is 2.57. The second-order valence-corrected chi connectivity index (χ2v) is 7.37. The van der Waals surface area contributed by atoms with Gasteiger partial charge in [0.15, 0.2) is 0 Å². The Morgan fingerprint density at radius 1 is 1.48 bits per heavy atom. The van der Waals surface area contributed by atoms with Crippen molar-refractivity contribution in [3.63, 3.8) is 0 Å². The van der Waals surface area contributed by atoms with Crippen LogP contribution in [-0.2, 0) is 11.2 Å². The lowest BCUT2D eigenvalue weighted by atomic mass is 9.46. The molecule has 2 fully saturated rings. The smallest absolute Gasteiger partial charge is 0.105 e. The van der Waals surface area contributed by atoms with Crippen LogP contribution in [0.2, 0.25) is 0 Å². The van der Waals surface area contributed by atoms with Gasteiger partial charge in [0, 0.05) is 42.5 Å². The molecule has 3 N–H and O–H groups in total. The van der Waals surface area contributed by atoms with Crippen LogP contribution in [-0.4, -0.2) is 30.8 Å². The standard InChI is InChI=1S/C17H28N2O2/c1-12(10-13-6-4-8-20-13)19-11-17(18)14-7-5-9-21-15(14)16(17,2)3/h4,6,8,12,14-15,19H,5,7,9-11,18H2,1-3H3. The van der Waals surface area contributed by atoms with Gasteiger partial charge < -0.3 is 20.2 Å². The maximum absolute atomic E-state index is 6.79. The predicted molar refractivity (Wildman–Crippen MR) is 83.0 cm³/mol. The van der Waals surface area contributed by atoms with Gasteiger partial charge in [-0.25, -0.2) is 0 Å². The average molecular weight is 292 g/mol. The van der Waals surface area contributed by atoms with Crippen LogP contribution in [0.15, 0.2) is 22.8 Å². The molecule has 1 aliphatic heterocycles. The fourth-order valence-corrected chi connectivity index (χ4v) is 4.17. The first-order chi connectivity index (χ1) is 9.95. The normalized spacial score (nSPS) is 35.8. The molecule has 1 aliphatic carbocycles.